The lowest BCUT2D eigenvalue weighted by molar-refractivity contribution is 0.526. The van der Waals surface area contributed by atoms with Crippen LogP contribution in [0.3, 0.4) is 0 Å². The van der Waals surface area contributed by atoms with E-state index in [2.05, 4.69) is 154 Å². The van der Waals surface area contributed by atoms with Crippen LogP contribution in [0.5, 0.6) is 0 Å². The number of fused-ring (bicyclic) bond motifs is 2. The van der Waals surface area contributed by atoms with Crippen molar-refractivity contribution in [3.8, 4) is 22.3 Å². The van der Waals surface area contributed by atoms with Crippen molar-refractivity contribution in [2.75, 3.05) is 0 Å². The first-order valence-electron chi connectivity index (χ1n) is 16.0. The van der Waals surface area contributed by atoms with Crippen LogP contribution in [0.2, 0.25) is 0 Å². The van der Waals surface area contributed by atoms with Crippen LogP contribution in [0.15, 0.2) is 83.9 Å². The molecule has 0 heteroatoms. The second-order valence-corrected chi connectivity index (χ2v) is 15.6. The predicted octanol–water partition coefficient (Wildman–Crippen LogP) is 11.8. The van der Waals surface area contributed by atoms with Gasteiger partial charge in [0.2, 0.25) is 0 Å². The van der Waals surface area contributed by atoms with Gasteiger partial charge < -0.3 is 0 Å². The van der Waals surface area contributed by atoms with Crippen LogP contribution in [0.1, 0.15) is 99.9 Å². The minimum atomic E-state index is -0.0249. The van der Waals surface area contributed by atoms with Gasteiger partial charge in [-0.3, -0.25) is 0 Å². The Kier molecular flexibility index (Phi) is 7.00. The van der Waals surface area contributed by atoms with E-state index in [1.165, 1.54) is 77.9 Å². The summed E-state index contributed by atoms with van der Waals surface area (Å²) in [7, 11) is 0. The normalized spacial score (nSPS) is 14.8. The van der Waals surface area contributed by atoms with Crippen LogP contribution in [0.25, 0.3) is 34.4 Å². The van der Waals surface area contributed by atoms with Crippen molar-refractivity contribution in [3.63, 3.8) is 0 Å². The van der Waals surface area contributed by atoms with E-state index in [1.54, 1.807) is 0 Å². The van der Waals surface area contributed by atoms with Crippen molar-refractivity contribution in [2.24, 2.45) is 5.41 Å². The Morgan fingerprint density at radius 2 is 0.860 bits per heavy atom. The third-order valence-corrected chi connectivity index (χ3v) is 10.2. The number of benzene rings is 4. The second kappa shape index (κ2) is 10.2. The molecule has 2 aliphatic carbocycles. The van der Waals surface area contributed by atoms with Gasteiger partial charge in [0.15, 0.2) is 0 Å². The molecule has 2 aliphatic rings. The first kappa shape index (κ1) is 29.4. The molecule has 0 heterocycles. The van der Waals surface area contributed by atoms with Crippen LogP contribution < -0.4 is 0 Å². The molecule has 0 saturated heterocycles. The monoisotopic (exact) mass is 564 g/mol. The van der Waals surface area contributed by atoms with Gasteiger partial charge in [-0.15, -0.1) is 0 Å². The molecule has 0 aromatic heterocycles. The van der Waals surface area contributed by atoms with E-state index in [-0.39, 0.29) is 16.2 Å². The van der Waals surface area contributed by atoms with E-state index in [9.17, 15) is 0 Å². The van der Waals surface area contributed by atoms with Gasteiger partial charge in [0.05, 0.1) is 0 Å². The van der Waals surface area contributed by atoms with Gasteiger partial charge in [-0.2, -0.15) is 0 Å². The largest absolute Gasteiger partial charge is 0.0613 e. The number of rotatable bonds is 4. The second-order valence-electron chi connectivity index (χ2n) is 15.6. The zero-order chi connectivity index (χ0) is 30.9. The van der Waals surface area contributed by atoms with E-state index < -0.39 is 0 Å². The number of allylic oxidation sites excluding steroid dienone is 2. The molecule has 43 heavy (non-hydrogen) atoms. The van der Waals surface area contributed by atoms with Gasteiger partial charge in [0, 0.05) is 5.41 Å². The zero-order valence-electron chi connectivity index (χ0n) is 28.0. The molecule has 0 bridgehead atoms. The van der Waals surface area contributed by atoms with Crippen LogP contribution in [0, 0.1) is 19.3 Å². The summed E-state index contributed by atoms with van der Waals surface area (Å²) in [5.74, 6) is 0. The average molecular weight is 565 g/mol. The third-order valence-electron chi connectivity index (χ3n) is 10.2. The molecule has 0 spiro atoms. The molecule has 6 rings (SSSR count). The molecule has 0 aliphatic heterocycles. The maximum atomic E-state index is 2.52. The molecule has 0 amide bonds. The predicted molar refractivity (Wildman–Crippen MR) is 188 cm³/mol. The van der Waals surface area contributed by atoms with Crippen LogP contribution in [-0.2, 0) is 23.7 Å². The summed E-state index contributed by atoms with van der Waals surface area (Å²) < 4.78 is 0. The van der Waals surface area contributed by atoms with Gasteiger partial charge >= 0.3 is 0 Å². The lowest BCUT2D eigenvalue weighted by Gasteiger charge is -2.28. The first-order valence-corrected chi connectivity index (χ1v) is 16.0. The van der Waals surface area contributed by atoms with Crippen LogP contribution in [-0.4, -0.2) is 0 Å². The molecule has 4 aromatic rings. The summed E-state index contributed by atoms with van der Waals surface area (Å²) in [6, 6.07) is 27.9. The first-order chi connectivity index (χ1) is 20.1. The Hall–Kier alpha value is -3.64. The molecule has 0 atom stereocenters. The molecule has 0 fully saturated rings. The van der Waals surface area contributed by atoms with Crippen molar-refractivity contribution in [3.05, 3.63) is 128 Å². The fourth-order valence-corrected chi connectivity index (χ4v) is 7.08. The Morgan fingerprint density at radius 3 is 1.21 bits per heavy atom. The van der Waals surface area contributed by atoms with Gasteiger partial charge in [-0.1, -0.05) is 151 Å². The maximum Gasteiger partial charge on any atom is 0.00773 e. The van der Waals surface area contributed by atoms with E-state index >= 15 is 0 Å². The van der Waals surface area contributed by atoms with Gasteiger partial charge in [0.25, 0.3) is 0 Å². The fraction of sp³-hybridized carbons (Fsp3) is 0.349. The molecule has 0 N–H and O–H groups in total. The third kappa shape index (κ3) is 5.24. The number of hydrogen-bond donors (Lipinski definition) is 0. The SMILES string of the molecule is Cc1cc(C(C)(C)C)ccc1-c1cccc2c1C=C(C(C)(C)C1=Cc3c(cccc3-c3ccc(C(C)(C)C)cc3C)C1)C2. The highest BCUT2D eigenvalue weighted by Crippen LogP contribution is 2.49. The minimum Gasteiger partial charge on any atom is -0.0613 e. The summed E-state index contributed by atoms with van der Waals surface area (Å²) in [5.41, 5.74) is 20.0. The summed E-state index contributed by atoms with van der Waals surface area (Å²) in [6.45, 7) is 23.2. The van der Waals surface area contributed by atoms with Gasteiger partial charge in [-0.25, -0.2) is 0 Å². The van der Waals surface area contributed by atoms with E-state index in [4.69, 9.17) is 0 Å². The minimum absolute atomic E-state index is 0.0249. The lowest BCUT2D eigenvalue weighted by Crippen LogP contribution is -2.18. The average Bonchev–Trinajstić information content (AvgIpc) is 3.58. The zero-order valence-corrected chi connectivity index (χ0v) is 28.0. The Morgan fingerprint density at radius 1 is 0.465 bits per heavy atom. The Bertz CT molecular complexity index is 1670. The number of aryl methyl sites for hydroxylation is 2. The molecule has 0 radical (unpaired) electrons. The van der Waals surface area contributed by atoms with Crippen molar-refractivity contribution < 1.29 is 0 Å². The van der Waals surface area contributed by atoms with Crippen molar-refractivity contribution >= 4 is 12.2 Å². The highest BCUT2D eigenvalue weighted by Gasteiger charge is 2.34. The van der Waals surface area contributed by atoms with Crippen molar-refractivity contribution in [1.29, 1.82) is 0 Å². The Labute approximate surface area is 260 Å². The van der Waals surface area contributed by atoms with E-state index in [0.717, 1.165) is 12.8 Å². The quantitative estimate of drug-likeness (QED) is 0.231. The fourth-order valence-electron chi connectivity index (χ4n) is 7.08. The standard InChI is InChI=1S/C43H48/c1-27-21-31(41(3,4)5)17-19-35(27)37-15-11-13-29-23-33(25-39(29)37)43(9,10)34-24-30-14-12-16-38(40(30)26-34)36-20-18-32(22-28(36)2)42(6,7)8/h11-22,25-26H,23-24H2,1-10H3. The van der Waals surface area contributed by atoms with Crippen molar-refractivity contribution in [2.45, 2.75) is 92.9 Å². The lowest BCUT2D eigenvalue weighted by atomic mass is 9.75. The smallest absolute Gasteiger partial charge is 0.00773 e. The molecule has 4 aromatic carbocycles. The summed E-state index contributed by atoms with van der Waals surface area (Å²) >= 11 is 0. The highest BCUT2D eigenvalue weighted by atomic mass is 14.4. The van der Waals surface area contributed by atoms with E-state index in [0.29, 0.717) is 0 Å². The molecule has 0 unspecified atom stereocenters. The topological polar surface area (TPSA) is 0 Å². The summed E-state index contributed by atoms with van der Waals surface area (Å²) in [6.07, 6.45) is 7.07. The molecule has 0 nitrogen and oxygen atoms in total. The van der Waals surface area contributed by atoms with Crippen molar-refractivity contribution in [1.82, 2.24) is 0 Å². The summed E-state index contributed by atoms with van der Waals surface area (Å²) in [4.78, 5) is 0. The van der Waals surface area contributed by atoms with Crippen LogP contribution >= 0.6 is 0 Å². The number of hydrogen-bond acceptors (Lipinski definition) is 0. The molecule has 220 valence electrons. The van der Waals surface area contributed by atoms with Crippen LogP contribution in [0.4, 0.5) is 0 Å². The molecule has 0 saturated carbocycles. The maximum absolute atomic E-state index is 2.52. The molecular weight excluding hydrogens is 516 g/mol. The Balaban J connectivity index is 1.35. The summed E-state index contributed by atoms with van der Waals surface area (Å²) in [5, 5.41) is 0. The van der Waals surface area contributed by atoms with Gasteiger partial charge in [0.1, 0.15) is 0 Å². The molecular formula is C43H48. The highest BCUT2D eigenvalue weighted by molar-refractivity contribution is 5.85. The van der Waals surface area contributed by atoms with E-state index in [1.807, 2.05) is 0 Å². The van der Waals surface area contributed by atoms with Gasteiger partial charge in [-0.05, 0) is 104 Å².